The molecule has 9 heteroatoms. The summed E-state index contributed by atoms with van der Waals surface area (Å²) in [6.45, 7) is 2.56. The first-order valence-corrected chi connectivity index (χ1v) is 11.1. The van der Waals surface area contributed by atoms with Gasteiger partial charge >= 0.3 is 5.97 Å². The van der Waals surface area contributed by atoms with E-state index in [9.17, 15) is 9.90 Å². The van der Waals surface area contributed by atoms with Crippen molar-refractivity contribution < 1.29 is 33.6 Å². The van der Waals surface area contributed by atoms with Gasteiger partial charge in [-0.05, 0) is 24.3 Å². The summed E-state index contributed by atoms with van der Waals surface area (Å²) in [5, 5.41) is 11.8. The predicted molar refractivity (Wildman–Crippen MR) is 124 cm³/mol. The van der Waals surface area contributed by atoms with Crippen LogP contribution in [0.5, 0.6) is 23.0 Å². The highest BCUT2D eigenvalue weighted by atomic mass is 16.7. The zero-order chi connectivity index (χ0) is 23.7. The Kier molecular flexibility index (Phi) is 6.02. The zero-order valence-corrected chi connectivity index (χ0v) is 19.1. The molecule has 2 aliphatic heterocycles. The van der Waals surface area contributed by atoms with Crippen molar-refractivity contribution >= 4 is 22.7 Å². The molecule has 0 aliphatic carbocycles. The normalized spacial score (nSPS) is 15.9. The molecule has 2 aliphatic rings. The maximum absolute atomic E-state index is 12.5. The Morgan fingerprint density at radius 2 is 1.85 bits per heavy atom. The molecule has 3 aromatic rings. The highest BCUT2D eigenvalue weighted by molar-refractivity contribution is 5.84. The maximum atomic E-state index is 12.5. The number of esters is 1. The Balaban J connectivity index is 1.70. The summed E-state index contributed by atoms with van der Waals surface area (Å²) in [5.74, 6) is 1.52. The van der Waals surface area contributed by atoms with Crippen molar-refractivity contribution in [2.45, 2.75) is 12.3 Å². The number of benzene rings is 2. The lowest BCUT2D eigenvalue weighted by atomic mass is 9.86. The Labute approximate surface area is 196 Å². The van der Waals surface area contributed by atoms with Crippen LogP contribution in [0.15, 0.2) is 36.4 Å². The maximum Gasteiger partial charge on any atom is 0.306 e. The van der Waals surface area contributed by atoms with Crippen molar-refractivity contribution in [1.29, 1.82) is 0 Å². The lowest BCUT2D eigenvalue weighted by Gasteiger charge is -2.32. The molecule has 1 aromatic heterocycles. The van der Waals surface area contributed by atoms with E-state index in [1.54, 1.807) is 13.2 Å². The number of aromatic nitrogens is 1. The number of rotatable bonds is 6. The van der Waals surface area contributed by atoms with Crippen molar-refractivity contribution in [3.63, 3.8) is 0 Å². The number of morpholine rings is 1. The molecule has 9 nitrogen and oxygen atoms in total. The van der Waals surface area contributed by atoms with Gasteiger partial charge in [0.15, 0.2) is 11.5 Å². The second-order valence-corrected chi connectivity index (χ2v) is 8.16. The molecule has 2 aromatic carbocycles. The number of methoxy groups -OCH3 is 2. The summed E-state index contributed by atoms with van der Waals surface area (Å²) in [7, 11) is 2.97. The molecule has 1 fully saturated rings. The van der Waals surface area contributed by atoms with Crippen LogP contribution in [-0.2, 0) is 14.3 Å². The van der Waals surface area contributed by atoms with Crippen LogP contribution in [0.3, 0.4) is 0 Å². The number of pyridine rings is 1. The van der Waals surface area contributed by atoms with Gasteiger partial charge in [-0.2, -0.15) is 0 Å². The summed E-state index contributed by atoms with van der Waals surface area (Å²) < 4.78 is 26.9. The van der Waals surface area contributed by atoms with Crippen molar-refractivity contribution in [2.75, 3.05) is 52.2 Å². The number of hydrogen-bond donors (Lipinski definition) is 1. The minimum atomic E-state index is -0.529. The van der Waals surface area contributed by atoms with Crippen LogP contribution in [0.1, 0.15) is 23.5 Å². The summed E-state index contributed by atoms with van der Waals surface area (Å²) in [6, 6.07) is 11.0. The number of fused-ring (bicyclic) bond motifs is 2. The summed E-state index contributed by atoms with van der Waals surface area (Å²) in [6.07, 6.45) is 0.0182. The Hall–Kier alpha value is -3.72. The molecule has 5 rings (SSSR count). The first-order valence-electron chi connectivity index (χ1n) is 11.1. The van der Waals surface area contributed by atoms with Crippen LogP contribution in [0.25, 0.3) is 10.9 Å². The molecule has 0 saturated carbocycles. The van der Waals surface area contributed by atoms with Crippen molar-refractivity contribution in [3.8, 4) is 23.0 Å². The van der Waals surface area contributed by atoms with Crippen molar-refractivity contribution in [2.24, 2.45) is 0 Å². The fourth-order valence-electron chi connectivity index (χ4n) is 4.43. The van der Waals surface area contributed by atoms with Gasteiger partial charge < -0.3 is 33.7 Å². The highest BCUT2D eigenvalue weighted by Gasteiger charge is 2.30. The molecular weight excluding hydrogens is 440 g/mol. The lowest BCUT2D eigenvalue weighted by molar-refractivity contribution is -0.140. The van der Waals surface area contributed by atoms with Crippen molar-refractivity contribution in [1.82, 2.24) is 4.98 Å². The third-order valence-electron chi connectivity index (χ3n) is 6.21. The number of nitrogens with zero attached hydrogens (tertiary/aromatic N) is 2. The summed E-state index contributed by atoms with van der Waals surface area (Å²) in [4.78, 5) is 19.7. The number of hydrogen-bond acceptors (Lipinski definition) is 9. The SMILES string of the molecule is COC(=O)C[C@@H](c1cc2c(cc1O)OCO2)c1cc2ccc(OC)cc2nc1N1CCOCC1. The Bertz CT molecular complexity index is 1220. The molecule has 0 radical (unpaired) electrons. The second-order valence-electron chi connectivity index (χ2n) is 8.16. The average Bonchev–Trinajstić information content (AvgIpc) is 3.33. The van der Waals surface area contributed by atoms with E-state index < -0.39 is 11.9 Å². The topological polar surface area (TPSA) is 99.6 Å². The van der Waals surface area contributed by atoms with Crippen LogP contribution < -0.4 is 19.1 Å². The van der Waals surface area contributed by atoms with Gasteiger partial charge in [0.25, 0.3) is 0 Å². The number of aromatic hydroxyl groups is 1. The van der Waals surface area contributed by atoms with Gasteiger partial charge in [-0.15, -0.1) is 0 Å². The van der Waals surface area contributed by atoms with Crippen LogP contribution in [-0.4, -0.2) is 63.4 Å². The third-order valence-corrected chi connectivity index (χ3v) is 6.21. The van der Waals surface area contributed by atoms with E-state index in [2.05, 4.69) is 4.90 Å². The average molecular weight is 466 g/mol. The predicted octanol–water partition coefficient (Wildman–Crippen LogP) is 3.21. The number of carbonyl (C=O) groups is 1. The van der Waals surface area contributed by atoms with E-state index in [4.69, 9.17) is 28.7 Å². The largest absolute Gasteiger partial charge is 0.508 e. The molecule has 1 saturated heterocycles. The first-order chi connectivity index (χ1) is 16.6. The van der Waals surface area contributed by atoms with Crippen molar-refractivity contribution in [3.05, 3.63) is 47.5 Å². The molecule has 1 atom stereocenters. The molecule has 0 unspecified atom stereocenters. The molecule has 178 valence electrons. The van der Waals surface area contributed by atoms with Crippen LogP contribution in [0, 0.1) is 0 Å². The minimum Gasteiger partial charge on any atom is -0.508 e. The second kappa shape index (κ2) is 9.26. The molecule has 3 heterocycles. The van der Waals surface area contributed by atoms with Gasteiger partial charge in [-0.25, -0.2) is 4.98 Å². The number of phenols is 1. The molecule has 0 amide bonds. The van der Waals surface area contributed by atoms with E-state index in [-0.39, 0.29) is 19.0 Å². The van der Waals surface area contributed by atoms with Gasteiger partial charge in [0, 0.05) is 47.7 Å². The Morgan fingerprint density at radius 3 is 2.59 bits per heavy atom. The molecular formula is C25H26N2O7. The monoisotopic (exact) mass is 466 g/mol. The minimum absolute atomic E-state index is 0.0147. The third kappa shape index (κ3) is 4.14. The number of phenolic OH excluding ortho intramolecular Hbond substituents is 1. The smallest absolute Gasteiger partial charge is 0.306 e. The molecule has 0 spiro atoms. The molecule has 0 bridgehead atoms. The molecule has 34 heavy (non-hydrogen) atoms. The van der Waals surface area contributed by atoms with Crippen LogP contribution in [0.4, 0.5) is 5.82 Å². The van der Waals surface area contributed by atoms with Gasteiger partial charge in [0.1, 0.15) is 17.3 Å². The zero-order valence-electron chi connectivity index (χ0n) is 19.1. The fraction of sp³-hybridized carbons (Fsp3) is 0.360. The van der Waals surface area contributed by atoms with Crippen LogP contribution >= 0.6 is 0 Å². The fourth-order valence-corrected chi connectivity index (χ4v) is 4.43. The standard InChI is InChI=1S/C25H26N2O7/c1-30-16-4-3-15-9-19(25(26-20(15)10-16)27-5-7-32-8-6-27)17(12-24(29)31-2)18-11-22-23(13-21(18)28)34-14-33-22/h3-4,9-11,13,17,28H,5-8,12,14H2,1-2H3/t17-/m0/s1. The van der Waals surface area contributed by atoms with E-state index in [0.29, 0.717) is 49.1 Å². The Morgan fingerprint density at radius 1 is 1.09 bits per heavy atom. The van der Waals surface area contributed by atoms with E-state index in [1.165, 1.54) is 13.2 Å². The number of carbonyl (C=O) groups excluding carboxylic acids is 1. The summed E-state index contributed by atoms with van der Waals surface area (Å²) >= 11 is 0. The van der Waals surface area contributed by atoms with E-state index in [1.807, 2.05) is 24.3 Å². The quantitative estimate of drug-likeness (QED) is 0.549. The number of anilines is 1. The van der Waals surface area contributed by atoms with E-state index >= 15 is 0 Å². The van der Waals surface area contributed by atoms with Crippen LogP contribution in [0.2, 0.25) is 0 Å². The molecule has 1 N–H and O–H groups in total. The van der Waals surface area contributed by atoms with Gasteiger partial charge in [-0.1, -0.05) is 0 Å². The van der Waals surface area contributed by atoms with Gasteiger partial charge in [-0.3, -0.25) is 4.79 Å². The first kappa shape index (κ1) is 22.1. The van der Waals surface area contributed by atoms with E-state index in [0.717, 1.165) is 22.3 Å². The van der Waals surface area contributed by atoms with Gasteiger partial charge in [0.05, 0.1) is 39.4 Å². The summed E-state index contributed by atoms with van der Waals surface area (Å²) in [5.41, 5.74) is 2.12. The highest BCUT2D eigenvalue weighted by Crippen LogP contribution is 2.45. The number of ether oxygens (including phenoxy) is 5. The lowest BCUT2D eigenvalue weighted by Crippen LogP contribution is -2.37. The van der Waals surface area contributed by atoms with Gasteiger partial charge in [0.2, 0.25) is 6.79 Å².